The summed E-state index contributed by atoms with van der Waals surface area (Å²) >= 11 is 2.18. The first-order chi connectivity index (χ1) is 12.5. The van der Waals surface area contributed by atoms with Gasteiger partial charge in [-0.2, -0.15) is 0 Å². The molecular formula is C22H27IO2S. The van der Waals surface area contributed by atoms with Crippen LogP contribution in [0.2, 0.25) is 0 Å². The summed E-state index contributed by atoms with van der Waals surface area (Å²) < 4.78 is 0. The first kappa shape index (κ1) is 19.1. The number of allylic oxidation sites excluding steroid dienone is 2. The van der Waals surface area contributed by atoms with Crippen LogP contribution in [0.3, 0.4) is 0 Å². The Labute approximate surface area is 173 Å². The first-order valence-corrected chi connectivity index (χ1v) is 13.2. The fraction of sp³-hybridized carbons (Fsp3) is 0.682. The third kappa shape index (κ3) is 2.68. The third-order valence-electron chi connectivity index (χ3n) is 7.99. The number of fused-ring (bicyclic) bond motifs is 5. The highest BCUT2D eigenvalue weighted by molar-refractivity contribution is 14.2. The van der Waals surface area contributed by atoms with Crippen molar-refractivity contribution < 1.29 is 9.90 Å². The van der Waals surface area contributed by atoms with Gasteiger partial charge in [0.25, 0.3) is 0 Å². The molecule has 0 bridgehead atoms. The van der Waals surface area contributed by atoms with Gasteiger partial charge in [-0.05, 0) is 88.9 Å². The van der Waals surface area contributed by atoms with Crippen LogP contribution in [0.1, 0.15) is 58.3 Å². The maximum atomic E-state index is 11.9. The van der Waals surface area contributed by atoms with E-state index in [1.54, 1.807) is 0 Å². The lowest BCUT2D eigenvalue weighted by Gasteiger charge is -2.56. The van der Waals surface area contributed by atoms with E-state index in [9.17, 15) is 9.90 Å². The van der Waals surface area contributed by atoms with Crippen LogP contribution in [0, 0.1) is 40.3 Å². The molecule has 4 heteroatoms. The van der Waals surface area contributed by atoms with Gasteiger partial charge >= 0.3 is 0 Å². The van der Waals surface area contributed by atoms with E-state index in [-0.39, 0.29) is 5.41 Å². The van der Waals surface area contributed by atoms with Crippen molar-refractivity contribution >= 4 is 35.9 Å². The predicted octanol–water partition coefficient (Wildman–Crippen LogP) is 5.46. The molecule has 2 nitrogen and oxygen atoms in total. The summed E-state index contributed by atoms with van der Waals surface area (Å²) in [5.74, 6) is 5.68. The van der Waals surface area contributed by atoms with Crippen molar-refractivity contribution in [1.82, 2.24) is 0 Å². The quantitative estimate of drug-likeness (QED) is 0.307. The van der Waals surface area contributed by atoms with Crippen LogP contribution >= 0.6 is 30.1 Å². The summed E-state index contributed by atoms with van der Waals surface area (Å²) in [5, 5.41) is 14.6. The highest BCUT2D eigenvalue weighted by Gasteiger charge is 2.64. The van der Waals surface area contributed by atoms with Crippen molar-refractivity contribution in [3.63, 3.8) is 0 Å². The Kier molecular flexibility index (Phi) is 5.12. The Morgan fingerprint density at radius 1 is 1.38 bits per heavy atom. The van der Waals surface area contributed by atoms with Crippen LogP contribution in [0.25, 0.3) is 0 Å². The normalized spacial score (nSPS) is 44.3. The summed E-state index contributed by atoms with van der Waals surface area (Å²) in [6.07, 6.45) is 9.52. The van der Waals surface area contributed by atoms with Gasteiger partial charge in [0.15, 0.2) is 5.78 Å². The molecule has 3 fully saturated rings. The molecule has 4 aliphatic carbocycles. The van der Waals surface area contributed by atoms with Gasteiger partial charge in [0.2, 0.25) is 0 Å². The molecule has 0 radical (unpaired) electrons. The summed E-state index contributed by atoms with van der Waals surface area (Å²) in [7, 11) is 1.46. The number of rotatable bonds is 1. The van der Waals surface area contributed by atoms with E-state index < -0.39 is 5.60 Å². The highest BCUT2D eigenvalue weighted by atomic mass is 127. The average Bonchev–Trinajstić information content (AvgIpc) is 2.92. The predicted molar refractivity (Wildman–Crippen MR) is 116 cm³/mol. The van der Waals surface area contributed by atoms with E-state index in [4.69, 9.17) is 0 Å². The molecule has 0 aromatic rings. The second kappa shape index (κ2) is 6.97. The molecule has 0 spiro atoms. The summed E-state index contributed by atoms with van der Waals surface area (Å²) in [6, 6.07) is 0. The topological polar surface area (TPSA) is 37.3 Å². The molecule has 1 N–H and O–H groups in total. The van der Waals surface area contributed by atoms with Gasteiger partial charge in [-0.15, -0.1) is 0 Å². The molecule has 0 saturated heterocycles. The zero-order chi connectivity index (χ0) is 18.5. The number of hydrogen-bond acceptors (Lipinski definition) is 3. The van der Waals surface area contributed by atoms with Crippen molar-refractivity contribution in [2.45, 2.75) is 63.9 Å². The van der Waals surface area contributed by atoms with E-state index >= 15 is 0 Å². The summed E-state index contributed by atoms with van der Waals surface area (Å²) in [6.45, 7) is 6.76. The number of hydrogen-bond donors (Lipinski definition) is 1. The number of carbonyl (C=O) groups is 1. The second-order valence-electron chi connectivity index (χ2n) is 8.71. The Morgan fingerprint density at radius 2 is 2.19 bits per heavy atom. The van der Waals surface area contributed by atoms with Crippen LogP contribution in [0.5, 0.6) is 0 Å². The molecule has 0 aliphatic heterocycles. The second-order valence-corrected chi connectivity index (χ2v) is 10.4. The first-order valence-electron chi connectivity index (χ1n) is 9.89. The molecule has 0 aromatic carbocycles. The highest BCUT2D eigenvalue weighted by Crippen LogP contribution is 2.67. The zero-order valence-corrected chi connectivity index (χ0v) is 18.4. The van der Waals surface area contributed by atoms with Crippen LogP contribution in [0.15, 0.2) is 23.8 Å². The van der Waals surface area contributed by atoms with Gasteiger partial charge < -0.3 is 5.11 Å². The van der Waals surface area contributed by atoms with Gasteiger partial charge in [0, 0.05) is 33.0 Å². The minimum Gasteiger partial charge on any atom is -0.377 e. The van der Waals surface area contributed by atoms with Crippen molar-refractivity contribution in [1.29, 1.82) is 0 Å². The fourth-order valence-corrected chi connectivity index (χ4v) is 7.52. The van der Waals surface area contributed by atoms with Crippen molar-refractivity contribution in [2.75, 3.05) is 0 Å². The largest absolute Gasteiger partial charge is 0.377 e. The van der Waals surface area contributed by atoms with Crippen LogP contribution in [0.4, 0.5) is 0 Å². The van der Waals surface area contributed by atoms with Gasteiger partial charge in [0.1, 0.15) is 5.60 Å². The molecule has 4 aliphatic rings. The lowest BCUT2D eigenvalue weighted by Crippen LogP contribution is -2.54. The molecule has 4 rings (SSSR count). The third-order valence-corrected chi connectivity index (χ3v) is 8.83. The number of aliphatic hydroxyl groups is 1. The maximum Gasteiger partial charge on any atom is 0.155 e. The summed E-state index contributed by atoms with van der Waals surface area (Å²) in [4.78, 5) is 11.9. The van der Waals surface area contributed by atoms with E-state index in [1.165, 1.54) is 20.1 Å². The van der Waals surface area contributed by atoms with Crippen molar-refractivity contribution in [2.24, 2.45) is 29.1 Å². The number of ketones is 1. The van der Waals surface area contributed by atoms with Crippen LogP contribution < -0.4 is 0 Å². The Balaban J connectivity index is 1.72. The minimum absolute atomic E-state index is 0.143. The van der Waals surface area contributed by atoms with Crippen LogP contribution in [-0.2, 0) is 4.79 Å². The summed E-state index contributed by atoms with van der Waals surface area (Å²) in [5.41, 5.74) is 1.66. The maximum absolute atomic E-state index is 11.9. The Morgan fingerprint density at radius 3 is 2.92 bits per heavy atom. The van der Waals surface area contributed by atoms with Crippen molar-refractivity contribution in [3.8, 4) is 11.2 Å². The lowest BCUT2D eigenvalue weighted by atomic mass is 9.48. The Bertz CT molecular complexity index is 732. The standard InChI is InChI=1S/C22H27IO2S/c1-3-21-13-14(2)20-17-7-5-16(24)12-15(17)4-6-18(20)19(21)8-9-22(21,25)10-11-26-23/h12,17-20,25H,2-9,13H2,1H3. The molecule has 3 saturated carbocycles. The number of halogens is 1. The van der Waals surface area contributed by atoms with Gasteiger partial charge in [-0.25, -0.2) is 0 Å². The lowest BCUT2D eigenvalue weighted by molar-refractivity contribution is -0.116. The Hall–Kier alpha value is -0.250. The van der Waals surface area contributed by atoms with Gasteiger partial charge in [-0.3, -0.25) is 4.79 Å². The van der Waals surface area contributed by atoms with Crippen LogP contribution in [-0.4, -0.2) is 16.5 Å². The monoisotopic (exact) mass is 482 g/mol. The molecule has 0 aromatic heterocycles. The van der Waals surface area contributed by atoms with Gasteiger partial charge in [-0.1, -0.05) is 30.6 Å². The molecule has 0 amide bonds. The molecule has 6 unspecified atom stereocenters. The van der Waals surface area contributed by atoms with E-state index in [0.717, 1.165) is 44.9 Å². The number of carbonyl (C=O) groups excluding carboxylic acids is 1. The zero-order valence-electron chi connectivity index (χ0n) is 15.4. The minimum atomic E-state index is -0.878. The molecule has 0 heterocycles. The molecule has 26 heavy (non-hydrogen) atoms. The van der Waals surface area contributed by atoms with Gasteiger partial charge in [0.05, 0.1) is 0 Å². The fourth-order valence-electron chi connectivity index (χ4n) is 6.98. The molecule has 140 valence electrons. The SMILES string of the molecule is C=C1CC2(CC)C(CCC2(O)C#CSI)C2CCC3=CC(=O)CCC3C12. The van der Waals surface area contributed by atoms with E-state index in [0.29, 0.717) is 35.9 Å². The molecule has 6 atom stereocenters. The van der Waals surface area contributed by atoms with E-state index in [1.807, 2.05) is 6.08 Å². The average molecular weight is 482 g/mol. The smallest absolute Gasteiger partial charge is 0.155 e. The van der Waals surface area contributed by atoms with E-state index in [2.05, 4.69) is 45.9 Å². The molecular weight excluding hydrogens is 455 g/mol. The van der Waals surface area contributed by atoms with Crippen molar-refractivity contribution in [3.05, 3.63) is 23.8 Å².